The molecule has 0 aromatic heterocycles. The molecular weight excluding hydrogens is 280 g/mol. The lowest BCUT2D eigenvalue weighted by Crippen LogP contribution is -1.97. The van der Waals surface area contributed by atoms with Crippen LogP contribution in [-0.4, -0.2) is 17.4 Å². The average molecular weight is 304 g/mol. The molecule has 0 N–H and O–H groups in total. The summed E-state index contributed by atoms with van der Waals surface area (Å²) in [4.78, 5) is 21.0. The van der Waals surface area contributed by atoms with Gasteiger partial charge in [0.05, 0.1) is 6.42 Å². The first-order chi connectivity index (χ1) is 8.31. The molecule has 0 aromatic rings. The van der Waals surface area contributed by atoms with Crippen molar-refractivity contribution >= 4 is 28.0 Å². The molecule has 17 heavy (non-hydrogen) atoms. The van der Waals surface area contributed by atoms with Gasteiger partial charge in [-0.2, -0.15) is 0 Å². The highest BCUT2D eigenvalue weighted by molar-refractivity contribution is 9.09. The number of Topliss-reactive ketones (excluding diaryl/α,β-unsaturated/α-hetero) is 1. The van der Waals surface area contributed by atoms with Crippen LogP contribution in [0.15, 0.2) is 0 Å². The molecule has 0 spiro atoms. The second kappa shape index (κ2) is 13.9. The van der Waals surface area contributed by atoms with Crippen LogP contribution in [0.3, 0.4) is 0 Å². The van der Waals surface area contributed by atoms with Crippen molar-refractivity contribution in [2.45, 2.75) is 70.6 Å². The summed E-state index contributed by atoms with van der Waals surface area (Å²) >= 11 is 3.43. The first kappa shape index (κ1) is 16.8. The van der Waals surface area contributed by atoms with Crippen molar-refractivity contribution in [1.29, 1.82) is 0 Å². The van der Waals surface area contributed by atoms with Gasteiger partial charge in [0.1, 0.15) is 5.78 Å². The third-order valence-electron chi connectivity index (χ3n) is 2.86. The Hall–Kier alpha value is -0.180. The topological polar surface area (TPSA) is 34.1 Å². The minimum atomic E-state index is -0.0203. The molecule has 0 fully saturated rings. The molecule has 0 bridgehead atoms. The summed E-state index contributed by atoms with van der Waals surface area (Å²) in [6.07, 6.45) is 13.4. The maximum Gasteiger partial charge on any atom is 0.206 e. The van der Waals surface area contributed by atoms with Gasteiger partial charge in [-0.3, -0.25) is 9.59 Å². The molecule has 0 unspecified atom stereocenters. The van der Waals surface area contributed by atoms with Crippen molar-refractivity contribution < 1.29 is 9.59 Å². The van der Waals surface area contributed by atoms with E-state index in [2.05, 4.69) is 15.9 Å². The molecule has 2 nitrogen and oxygen atoms in total. The van der Waals surface area contributed by atoms with E-state index in [1.807, 2.05) is 0 Å². The Labute approximate surface area is 114 Å². The smallest absolute Gasteiger partial charge is 0.206 e. The number of ketones is 1. The van der Waals surface area contributed by atoms with E-state index in [0.29, 0.717) is 6.42 Å². The molecule has 0 saturated carbocycles. The fourth-order valence-corrected chi connectivity index (χ4v) is 2.22. The second-order valence-corrected chi connectivity index (χ2v) is 5.27. The molecule has 0 amide bonds. The molecular formula is C14H24BrO2. The third kappa shape index (κ3) is 13.8. The van der Waals surface area contributed by atoms with Gasteiger partial charge in [-0.1, -0.05) is 60.9 Å². The molecule has 0 aliphatic carbocycles. The number of hydrogen-bond acceptors (Lipinski definition) is 2. The summed E-state index contributed by atoms with van der Waals surface area (Å²) in [7, 11) is 0. The molecule has 0 aliphatic heterocycles. The number of halogens is 1. The Kier molecular flexibility index (Phi) is 13.7. The zero-order chi connectivity index (χ0) is 12.8. The number of carbonyl (C=O) groups is 1. The van der Waals surface area contributed by atoms with Crippen molar-refractivity contribution in [3.05, 3.63) is 0 Å². The monoisotopic (exact) mass is 303 g/mol. The Morgan fingerprint density at radius 1 is 0.824 bits per heavy atom. The summed E-state index contributed by atoms with van der Waals surface area (Å²) < 4.78 is 0. The highest BCUT2D eigenvalue weighted by atomic mass is 79.9. The number of alkyl halides is 1. The molecule has 1 radical (unpaired) electrons. The van der Waals surface area contributed by atoms with E-state index in [-0.39, 0.29) is 12.2 Å². The molecule has 0 atom stereocenters. The van der Waals surface area contributed by atoms with Crippen molar-refractivity contribution in [2.24, 2.45) is 0 Å². The molecule has 0 aromatic carbocycles. The zero-order valence-corrected chi connectivity index (χ0v) is 12.3. The lowest BCUT2D eigenvalue weighted by Gasteiger charge is -2.01. The van der Waals surface area contributed by atoms with Crippen LogP contribution in [0.2, 0.25) is 0 Å². The van der Waals surface area contributed by atoms with E-state index < -0.39 is 0 Å². The van der Waals surface area contributed by atoms with Crippen LogP contribution in [0.1, 0.15) is 70.6 Å². The van der Waals surface area contributed by atoms with E-state index >= 15 is 0 Å². The minimum absolute atomic E-state index is 0.0203. The van der Waals surface area contributed by atoms with Crippen molar-refractivity contribution in [2.75, 3.05) is 5.33 Å². The van der Waals surface area contributed by atoms with Crippen LogP contribution in [-0.2, 0) is 9.59 Å². The Balaban J connectivity index is 3.03. The normalized spacial score (nSPS) is 10.4. The highest BCUT2D eigenvalue weighted by Gasteiger charge is 2.00. The van der Waals surface area contributed by atoms with Crippen LogP contribution in [0.25, 0.3) is 0 Å². The highest BCUT2D eigenvalue weighted by Crippen LogP contribution is 2.11. The summed E-state index contributed by atoms with van der Waals surface area (Å²) in [6, 6.07) is 0. The number of carbonyl (C=O) groups excluding carboxylic acids is 2. The van der Waals surface area contributed by atoms with E-state index in [0.717, 1.165) is 18.2 Å². The standard InChI is InChI=1S/C14H24BrO2/c15-12-9-7-5-3-1-2-4-6-8-10-14(17)11-13-16/h1-12H2. The lowest BCUT2D eigenvalue weighted by molar-refractivity contribution is -0.118. The third-order valence-corrected chi connectivity index (χ3v) is 3.42. The first-order valence-electron chi connectivity index (χ1n) is 6.74. The second-order valence-electron chi connectivity index (χ2n) is 4.48. The zero-order valence-electron chi connectivity index (χ0n) is 10.7. The van der Waals surface area contributed by atoms with Gasteiger partial charge in [0.25, 0.3) is 0 Å². The van der Waals surface area contributed by atoms with Crippen molar-refractivity contribution in [3.8, 4) is 0 Å². The van der Waals surface area contributed by atoms with Gasteiger partial charge in [0.15, 0.2) is 0 Å². The molecule has 0 saturated heterocycles. The van der Waals surface area contributed by atoms with Crippen molar-refractivity contribution in [3.63, 3.8) is 0 Å². The Morgan fingerprint density at radius 3 is 1.76 bits per heavy atom. The van der Waals surface area contributed by atoms with E-state index in [1.165, 1.54) is 44.9 Å². The lowest BCUT2D eigenvalue weighted by atomic mass is 10.1. The molecule has 3 heteroatoms. The van der Waals surface area contributed by atoms with Crippen LogP contribution in [0.4, 0.5) is 0 Å². The molecule has 99 valence electrons. The van der Waals surface area contributed by atoms with E-state index in [1.54, 1.807) is 6.29 Å². The largest absolute Gasteiger partial charge is 0.299 e. The summed E-state index contributed by atoms with van der Waals surface area (Å²) in [5.41, 5.74) is 0. The predicted molar refractivity (Wildman–Crippen MR) is 75.3 cm³/mol. The molecule has 0 aliphatic rings. The van der Waals surface area contributed by atoms with E-state index in [4.69, 9.17) is 0 Å². The summed E-state index contributed by atoms with van der Waals surface area (Å²) in [6.45, 7) is 0. The van der Waals surface area contributed by atoms with Crippen molar-refractivity contribution in [1.82, 2.24) is 0 Å². The van der Waals surface area contributed by atoms with Crippen LogP contribution in [0.5, 0.6) is 0 Å². The van der Waals surface area contributed by atoms with Crippen LogP contribution >= 0.6 is 15.9 Å². The van der Waals surface area contributed by atoms with Gasteiger partial charge in [-0.15, -0.1) is 0 Å². The minimum Gasteiger partial charge on any atom is -0.299 e. The molecule has 0 heterocycles. The Bertz CT molecular complexity index is 193. The maximum atomic E-state index is 11.0. The fraction of sp³-hybridized carbons (Fsp3) is 0.857. The predicted octanol–water partition coefficient (Wildman–Crippen LogP) is 4.35. The number of unbranched alkanes of at least 4 members (excludes halogenated alkanes) is 8. The van der Waals surface area contributed by atoms with E-state index in [9.17, 15) is 9.59 Å². The van der Waals surface area contributed by atoms with Gasteiger partial charge in [0, 0.05) is 11.8 Å². The van der Waals surface area contributed by atoms with Gasteiger partial charge >= 0.3 is 0 Å². The fourth-order valence-electron chi connectivity index (χ4n) is 1.82. The summed E-state index contributed by atoms with van der Waals surface area (Å²) in [5, 5.41) is 1.12. The van der Waals surface area contributed by atoms with Gasteiger partial charge in [0.2, 0.25) is 6.29 Å². The average Bonchev–Trinajstić information content (AvgIpc) is 2.32. The van der Waals surface area contributed by atoms with Crippen LogP contribution in [0, 0.1) is 0 Å². The van der Waals surface area contributed by atoms with Crippen LogP contribution < -0.4 is 0 Å². The quantitative estimate of drug-likeness (QED) is 0.288. The van der Waals surface area contributed by atoms with Gasteiger partial charge in [-0.05, 0) is 12.8 Å². The Morgan fingerprint density at radius 2 is 1.29 bits per heavy atom. The maximum absolute atomic E-state index is 11.0. The summed E-state index contributed by atoms with van der Waals surface area (Å²) in [5.74, 6) is 0.0368. The first-order valence-corrected chi connectivity index (χ1v) is 7.86. The number of rotatable bonds is 13. The van der Waals surface area contributed by atoms with Gasteiger partial charge in [-0.25, -0.2) is 0 Å². The van der Waals surface area contributed by atoms with Gasteiger partial charge < -0.3 is 0 Å². The SMILES string of the molecule is O=[C]CC(=O)CCCCCCCCCCCBr. The number of hydrogen-bond donors (Lipinski definition) is 0. The molecule has 0 rings (SSSR count).